The number of tetrazole rings is 1. The zero-order valence-corrected chi connectivity index (χ0v) is 12.2. The highest BCUT2D eigenvalue weighted by atomic mass is 35.5. The maximum absolute atomic E-state index is 12.1. The largest absolute Gasteiger partial charge is 0.348 e. The monoisotopic (exact) mass is 313 g/mol. The van der Waals surface area contributed by atoms with Crippen molar-refractivity contribution in [1.29, 1.82) is 0 Å². The predicted octanol–water partition coefficient (Wildman–Crippen LogP) is 2.25. The van der Waals surface area contributed by atoms with E-state index in [1.807, 2.05) is 18.2 Å². The third-order valence-electron chi connectivity index (χ3n) is 3.14. The molecular weight excluding hydrogens is 302 g/mol. The minimum absolute atomic E-state index is 0.164. The van der Waals surface area contributed by atoms with Crippen LogP contribution in [0.15, 0.2) is 54.9 Å². The number of nitrogens with zero attached hydrogens (tertiary/aromatic N) is 4. The molecular formula is C15H12ClN5O. The van der Waals surface area contributed by atoms with Gasteiger partial charge < -0.3 is 5.32 Å². The third kappa shape index (κ3) is 3.12. The van der Waals surface area contributed by atoms with E-state index < -0.39 is 0 Å². The molecule has 110 valence electrons. The van der Waals surface area contributed by atoms with E-state index in [9.17, 15) is 4.79 Å². The van der Waals surface area contributed by atoms with Gasteiger partial charge in [-0.25, -0.2) is 4.68 Å². The van der Waals surface area contributed by atoms with Crippen LogP contribution < -0.4 is 5.32 Å². The van der Waals surface area contributed by atoms with Gasteiger partial charge in [0.05, 0.1) is 5.69 Å². The van der Waals surface area contributed by atoms with Gasteiger partial charge in [0, 0.05) is 17.1 Å². The second-order valence-corrected chi connectivity index (χ2v) is 4.98. The Morgan fingerprint density at radius 3 is 2.59 bits per heavy atom. The van der Waals surface area contributed by atoms with Gasteiger partial charge in [-0.15, -0.1) is 5.10 Å². The molecule has 0 saturated heterocycles. The van der Waals surface area contributed by atoms with Crippen LogP contribution in [0.5, 0.6) is 0 Å². The Morgan fingerprint density at radius 2 is 1.91 bits per heavy atom. The lowest BCUT2D eigenvalue weighted by molar-refractivity contribution is 0.0951. The fourth-order valence-electron chi connectivity index (χ4n) is 1.96. The molecule has 0 aliphatic heterocycles. The van der Waals surface area contributed by atoms with Crippen molar-refractivity contribution >= 4 is 17.5 Å². The molecule has 0 aliphatic carbocycles. The summed E-state index contributed by atoms with van der Waals surface area (Å²) in [6, 6.07) is 14.4. The van der Waals surface area contributed by atoms with Crippen LogP contribution in [0, 0.1) is 0 Å². The smallest absolute Gasteiger partial charge is 0.251 e. The molecule has 6 nitrogen and oxygen atoms in total. The summed E-state index contributed by atoms with van der Waals surface area (Å²) in [6.45, 7) is 0.382. The normalized spacial score (nSPS) is 10.4. The van der Waals surface area contributed by atoms with E-state index in [1.54, 1.807) is 30.3 Å². The summed E-state index contributed by atoms with van der Waals surface area (Å²) in [5.41, 5.74) is 2.22. The molecule has 0 radical (unpaired) electrons. The molecule has 0 spiro atoms. The van der Waals surface area contributed by atoms with Crippen LogP contribution in [-0.2, 0) is 6.54 Å². The number of rotatable bonds is 4. The third-order valence-corrected chi connectivity index (χ3v) is 3.51. The Labute approximate surface area is 131 Å². The Balaban J connectivity index is 1.67. The number of halogens is 1. The van der Waals surface area contributed by atoms with E-state index in [1.165, 1.54) is 11.0 Å². The van der Waals surface area contributed by atoms with Gasteiger partial charge in [-0.1, -0.05) is 29.8 Å². The number of nitrogens with one attached hydrogen (secondary N) is 1. The van der Waals surface area contributed by atoms with Gasteiger partial charge in [-0.3, -0.25) is 4.79 Å². The van der Waals surface area contributed by atoms with Crippen molar-refractivity contribution in [3.05, 3.63) is 71.0 Å². The average molecular weight is 314 g/mol. The first-order valence-corrected chi connectivity index (χ1v) is 6.97. The van der Waals surface area contributed by atoms with Gasteiger partial charge in [0.1, 0.15) is 6.33 Å². The lowest BCUT2D eigenvalue weighted by atomic mass is 10.1. The standard InChI is InChI=1S/C15H12ClN5O/c16-14-4-2-1-3-12(14)9-17-15(22)11-5-7-13(8-6-11)21-10-18-19-20-21/h1-8,10H,9H2,(H,17,22). The van der Waals surface area contributed by atoms with Crippen molar-refractivity contribution in [2.75, 3.05) is 0 Å². The maximum Gasteiger partial charge on any atom is 0.251 e. The summed E-state index contributed by atoms with van der Waals surface area (Å²) in [4.78, 5) is 12.1. The molecule has 0 atom stereocenters. The van der Waals surface area contributed by atoms with Crippen molar-refractivity contribution in [3.8, 4) is 5.69 Å². The molecule has 0 aliphatic rings. The van der Waals surface area contributed by atoms with Crippen LogP contribution in [0.4, 0.5) is 0 Å². The van der Waals surface area contributed by atoms with Crippen molar-refractivity contribution in [2.24, 2.45) is 0 Å². The maximum atomic E-state index is 12.1. The lowest BCUT2D eigenvalue weighted by Crippen LogP contribution is -2.22. The summed E-state index contributed by atoms with van der Waals surface area (Å²) < 4.78 is 1.52. The molecule has 1 amide bonds. The zero-order chi connectivity index (χ0) is 15.4. The molecule has 7 heteroatoms. The molecule has 1 aromatic heterocycles. The molecule has 3 rings (SSSR count). The molecule has 0 saturated carbocycles. The number of carbonyl (C=O) groups is 1. The highest BCUT2D eigenvalue weighted by molar-refractivity contribution is 6.31. The number of amides is 1. The van der Waals surface area contributed by atoms with Crippen molar-refractivity contribution in [3.63, 3.8) is 0 Å². The topological polar surface area (TPSA) is 72.7 Å². The minimum Gasteiger partial charge on any atom is -0.348 e. The summed E-state index contributed by atoms with van der Waals surface area (Å²) in [5, 5.41) is 14.4. The van der Waals surface area contributed by atoms with E-state index in [4.69, 9.17) is 11.6 Å². The second kappa shape index (κ2) is 6.36. The molecule has 2 aromatic carbocycles. The fourth-order valence-corrected chi connectivity index (χ4v) is 2.17. The summed E-state index contributed by atoms with van der Waals surface area (Å²) in [7, 11) is 0. The van der Waals surface area contributed by atoms with Gasteiger partial charge in [-0.05, 0) is 46.3 Å². The molecule has 0 unspecified atom stereocenters. The van der Waals surface area contributed by atoms with Gasteiger partial charge >= 0.3 is 0 Å². The summed E-state index contributed by atoms with van der Waals surface area (Å²) in [6.07, 6.45) is 1.49. The number of aromatic nitrogens is 4. The molecule has 1 heterocycles. The van der Waals surface area contributed by atoms with Crippen LogP contribution in [0.1, 0.15) is 15.9 Å². The highest BCUT2D eigenvalue weighted by Crippen LogP contribution is 2.14. The van der Waals surface area contributed by atoms with Crippen LogP contribution in [-0.4, -0.2) is 26.1 Å². The molecule has 0 bridgehead atoms. The van der Waals surface area contributed by atoms with Gasteiger partial charge in [0.25, 0.3) is 5.91 Å². The SMILES string of the molecule is O=C(NCc1ccccc1Cl)c1ccc(-n2cnnn2)cc1. The first-order chi connectivity index (χ1) is 10.7. The van der Waals surface area contributed by atoms with Gasteiger partial charge in [0.2, 0.25) is 0 Å². The van der Waals surface area contributed by atoms with Crippen molar-refractivity contribution < 1.29 is 4.79 Å². The Morgan fingerprint density at radius 1 is 1.14 bits per heavy atom. The zero-order valence-electron chi connectivity index (χ0n) is 11.5. The Kier molecular flexibility index (Phi) is 4.11. The fraction of sp³-hybridized carbons (Fsp3) is 0.0667. The number of carbonyl (C=O) groups excluding carboxylic acids is 1. The summed E-state index contributed by atoms with van der Waals surface area (Å²) in [5.74, 6) is -0.164. The first kappa shape index (κ1) is 14.2. The Hall–Kier alpha value is -2.73. The van der Waals surface area contributed by atoms with Gasteiger partial charge in [0.15, 0.2) is 0 Å². The predicted molar refractivity (Wildman–Crippen MR) is 81.8 cm³/mol. The number of hydrogen-bond acceptors (Lipinski definition) is 4. The van der Waals surface area contributed by atoms with Crippen LogP contribution in [0.25, 0.3) is 5.69 Å². The van der Waals surface area contributed by atoms with Gasteiger partial charge in [-0.2, -0.15) is 0 Å². The van der Waals surface area contributed by atoms with Crippen LogP contribution in [0.2, 0.25) is 5.02 Å². The molecule has 3 aromatic rings. The minimum atomic E-state index is -0.164. The van der Waals surface area contributed by atoms with E-state index in [-0.39, 0.29) is 5.91 Å². The van der Waals surface area contributed by atoms with Crippen molar-refractivity contribution in [2.45, 2.75) is 6.54 Å². The van der Waals surface area contributed by atoms with E-state index in [2.05, 4.69) is 20.8 Å². The van der Waals surface area contributed by atoms with E-state index in [0.717, 1.165) is 11.3 Å². The molecule has 1 N–H and O–H groups in total. The quantitative estimate of drug-likeness (QED) is 0.802. The van der Waals surface area contributed by atoms with E-state index >= 15 is 0 Å². The second-order valence-electron chi connectivity index (χ2n) is 4.58. The first-order valence-electron chi connectivity index (χ1n) is 6.59. The lowest BCUT2D eigenvalue weighted by Gasteiger charge is -2.07. The van der Waals surface area contributed by atoms with E-state index in [0.29, 0.717) is 17.1 Å². The Bertz CT molecular complexity index is 771. The van der Waals surface area contributed by atoms with Crippen molar-refractivity contribution in [1.82, 2.24) is 25.5 Å². The number of benzene rings is 2. The number of hydrogen-bond donors (Lipinski definition) is 1. The average Bonchev–Trinajstić information content (AvgIpc) is 3.08. The van der Waals surface area contributed by atoms with Crippen LogP contribution >= 0.6 is 11.6 Å². The molecule has 22 heavy (non-hydrogen) atoms. The highest BCUT2D eigenvalue weighted by Gasteiger charge is 2.07. The van der Waals surface area contributed by atoms with Crippen LogP contribution in [0.3, 0.4) is 0 Å². The molecule has 0 fully saturated rings. The summed E-state index contributed by atoms with van der Waals surface area (Å²) >= 11 is 6.06.